The van der Waals surface area contributed by atoms with Crippen molar-refractivity contribution in [3.05, 3.63) is 7.11 Å². The number of ether oxygens (including phenoxy) is 3. The maximum absolute atomic E-state index is 5.18. The Morgan fingerprint density at radius 3 is 2.00 bits per heavy atom. The molecule has 0 aromatic heterocycles. The van der Waals surface area contributed by atoms with Crippen LogP contribution in [0.2, 0.25) is 0 Å². The fraction of sp³-hybridized carbons (Fsp3) is 0.875. The highest BCUT2D eigenvalue weighted by atomic mass is 16.5. The molecule has 0 aliphatic carbocycles. The Labute approximate surface area is 68.6 Å². The highest BCUT2D eigenvalue weighted by Crippen LogP contribution is 1.81. The first kappa shape index (κ1) is 10.9. The van der Waals surface area contributed by atoms with E-state index in [4.69, 9.17) is 9.47 Å². The zero-order chi connectivity index (χ0) is 8.36. The number of rotatable bonds is 8. The van der Waals surface area contributed by atoms with Crippen LogP contribution in [0.15, 0.2) is 0 Å². The van der Waals surface area contributed by atoms with Crippen LogP contribution in [0, 0.1) is 7.11 Å². The van der Waals surface area contributed by atoms with E-state index >= 15 is 0 Å². The van der Waals surface area contributed by atoms with Gasteiger partial charge in [-0.3, -0.25) is 0 Å². The molecule has 0 aromatic carbocycles. The zero-order valence-corrected chi connectivity index (χ0v) is 7.17. The van der Waals surface area contributed by atoms with Crippen LogP contribution >= 0.6 is 0 Å². The smallest absolute Gasteiger partial charge is 0.0701 e. The first-order chi connectivity index (χ1) is 5.41. The Morgan fingerprint density at radius 1 is 0.909 bits per heavy atom. The van der Waals surface area contributed by atoms with Crippen molar-refractivity contribution in [2.75, 3.05) is 33.0 Å². The number of hydrogen-bond donors (Lipinski definition) is 0. The molecule has 11 heavy (non-hydrogen) atoms. The highest BCUT2D eigenvalue weighted by molar-refractivity contribution is 4.32. The van der Waals surface area contributed by atoms with Crippen LogP contribution in [-0.4, -0.2) is 33.0 Å². The van der Waals surface area contributed by atoms with Gasteiger partial charge in [-0.05, 0) is 6.42 Å². The van der Waals surface area contributed by atoms with Gasteiger partial charge >= 0.3 is 0 Å². The summed E-state index contributed by atoms with van der Waals surface area (Å²) in [4.78, 5) is 0. The summed E-state index contributed by atoms with van der Waals surface area (Å²) in [5.74, 6) is 0. The van der Waals surface area contributed by atoms with Crippen molar-refractivity contribution >= 4 is 0 Å². The lowest BCUT2D eigenvalue weighted by Crippen LogP contribution is -2.08. The predicted molar refractivity (Wildman–Crippen MR) is 43.2 cm³/mol. The second-order valence-corrected chi connectivity index (χ2v) is 2.13. The molecule has 0 saturated heterocycles. The largest absolute Gasteiger partial charge is 0.379 e. The fourth-order valence-corrected chi connectivity index (χ4v) is 0.584. The van der Waals surface area contributed by atoms with Gasteiger partial charge in [0.25, 0.3) is 0 Å². The van der Waals surface area contributed by atoms with Gasteiger partial charge in [0.2, 0.25) is 0 Å². The molecule has 67 valence electrons. The average Bonchev–Trinajstić information content (AvgIpc) is 2.03. The maximum Gasteiger partial charge on any atom is 0.0701 e. The molecule has 3 heteroatoms. The second kappa shape index (κ2) is 9.88. The predicted octanol–water partition coefficient (Wildman–Crippen LogP) is 1.24. The van der Waals surface area contributed by atoms with Crippen molar-refractivity contribution in [3.63, 3.8) is 0 Å². The molecule has 0 unspecified atom stereocenters. The molecule has 0 fully saturated rings. The van der Waals surface area contributed by atoms with E-state index in [0.717, 1.165) is 13.0 Å². The van der Waals surface area contributed by atoms with Gasteiger partial charge < -0.3 is 14.2 Å². The molecule has 0 bridgehead atoms. The van der Waals surface area contributed by atoms with E-state index in [2.05, 4.69) is 18.8 Å². The Bertz CT molecular complexity index is 58.4. The van der Waals surface area contributed by atoms with E-state index < -0.39 is 0 Å². The molecule has 1 radical (unpaired) electrons. The summed E-state index contributed by atoms with van der Waals surface area (Å²) in [6, 6.07) is 0. The van der Waals surface area contributed by atoms with Gasteiger partial charge in [-0.1, -0.05) is 6.92 Å². The minimum Gasteiger partial charge on any atom is -0.379 e. The summed E-state index contributed by atoms with van der Waals surface area (Å²) in [6.45, 7) is 5.35. The molecule has 0 aliphatic heterocycles. The SMILES string of the molecule is [CH2]OCCOCCOCCC. The molecule has 0 heterocycles. The summed E-state index contributed by atoms with van der Waals surface area (Å²) in [5, 5.41) is 0. The van der Waals surface area contributed by atoms with Crippen molar-refractivity contribution < 1.29 is 14.2 Å². The van der Waals surface area contributed by atoms with E-state index in [1.807, 2.05) is 0 Å². The van der Waals surface area contributed by atoms with Crippen LogP contribution in [0.4, 0.5) is 0 Å². The fourth-order valence-electron chi connectivity index (χ4n) is 0.584. The average molecular weight is 161 g/mol. The molecule has 0 aromatic rings. The molecule has 3 nitrogen and oxygen atoms in total. The summed E-state index contributed by atoms with van der Waals surface area (Å²) in [5.41, 5.74) is 0. The van der Waals surface area contributed by atoms with Crippen LogP contribution in [0.25, 0.3) is 0 Å². The molecule has 0 saturated carbocycles. The quantitative estimate of drug-likeness (QED) is 0.501. The minimum absolute atomic E-state index is 0.549. The minimum atomic E-state index is 0.549. The highest BCUT2D eigenvalue weighted by Gasteiger charge is 1.87. The Balaban J connectivity index is 2.69. The molecular weight excluding hydrogens is 144 g/mol. The molecule has 0 rings (SSSR count). The second-order valence-electron chi connectivity index (χ2n) is 2.13. The maximum atomic E-state index is 5.18. The van der Waals surface area contributed by atoms with Gasteiger partial charge in [0.1, 0.15) is 0 Å². The van der Waals surface area contributed by atoms with Crippen molar-refractivity contribution in [1.29, 1.82) is 0 Å². The number of hydrogen-bond acceptors (Lipinski definition) is 3. The summed E-state index contributed by atoms with van der Waals surface area (Å²) in [7, 11) is 3.22. The van der Waals surface area contributed by atoms with Gasteiger partial charge in [-0.2, -0.15) is 0 Å². The van der Waals surface area contributed by atoms with Crippen LogP contribution in [-0.2, 0) is 14.2 Å². The van der Waals surface area contributed by atoms with Gasteiger partial charge in [0, 0.05) is 6.61 Å². The van der Waals surface area contributed by atoms with E-state index in [9.17, 15) is 0 Å². The third-order valence-electron chi connectivity index (χ3n) is 1.09. The van der Waals surface area contributed by atoms with Gasteiger partial charge in [-0.25, -0.2) is 0 Å². The summed E-state index contributed by atoms with van der Waals surface area (Å²) < 4.78 is 14.9. The van der Waals surface area contributed by atoms with Crippen LogP contribution in [0.5, 0.6) is 0 Å². The van der Waals surface area contributed by atoms with Gasteiger partial charge in [0.05, 0.1) is 33.5 Å². The standard InChI is InChI=1S/C8H17O3/c1-3-4-10-7-8-11-6-5-9-2/h2-8H2,1H3. The van der Waals surface area contributed by atoms with E-state index in [1.165, 1.54) is 0 Å². The molecule has 0 atom stereocenters. The van der Waals surface area contributed by atoms with Crippen LogP contribution in [0.1, 0.15) is 13.3 Å². The van der Waals surface area contributed by atoms with Gasteiger partial charge in [-0.15, -0.1) is 0 Å². The van der Waals surface area contributed by atoms with E-state index in [1.54, 1.807) is 0 Å². The lowest BCUT2D eigenvalue weighted by molar-refractivity contribution is 0.0300. The first-order valence-electron chi connectivity index (χ1n) is 3.94. The zero-order valence-electron chi connectivity index (χ0n) is 7.17. The lowest BCUT2D eigenvalue weighted by atomic mass is 10.5. The summed E-state index contributed by atoms with van der Waals surface area (Å²) >= 11 is 0. The van der Waals surface area contributed by atoms with Crippen molar-refractivity contribution in [2.45, 2.75) is 13.3 Å². The van der Waals surface area contributed by atoms with E-state index in [0.29, 0.717) is 26.4 Å². The van der Waals surface area contributed by atoms with Crippen molar-refractivity contribution in [2.24, 2.45) is 0 Å². The van der Waals surface area contributed by atoms with Crippen LogP contribution < -0.4 is 0 Å². The molecule has 0 aliphatic rings. The summed E-state index contributed by atoms with van der Waals surface area (Å²) in [6.07, 6.45) is 1.06. The van der Waals surface area contributed by atoms with Crippen LogP contribution in [0.3, 0.4) is 0 Å². The third-order valence-corrected chi connectivity index (χ3v) is 1.09. The van der Waals surface area contributed by atoms with Crippen molar-refractivity contribution in [1.82, 2.24) is 0 Å². The molecule has 0 amide bonds. The lowest BCUT2D eigenvalue weighted by Gasteiger charge is -2.03. The van der Waals surface area contributed by atoms with Crippen molar-refractivity contribution in [3.8, 4) is 0 Å². The molecule has 0 N–H and O–H groups in total. The van der Waals surface area contributed by atoms with E-state index in [-0.39, 0.29) is 0 Å². The Morgan fingerprint density at radius 2 is 1.45 bits per heavy atom. The molecular formula is C8H17O3. The Hall–Kier alpha value is -0.120. The normalized spacial score (nSPS) is 10.4. The third kappa shape index (κ3) is 9.88. The van der Waals surface area contributed by atoms with Gasteiger partial charge in [0.15, 0.2) is 0 Å². The first-order valence-corrected chi connectivity index (χ1v) is 3.94. The molecule has 0 spiro atoms. The Kier molecular flexibility index (Phi) is 9.77. The topological polar surface area (TPSA) is 27.7 Å². The monoisotopic (exact) mass is 161 g/mol.